The molecule has 9 rings (SSSR count). The number of benzene rings is 7. The molecule has 0 atom stereocenters. The Balaban J connectivity index is 1.22. The molecule has 0 spiro atoms. The summed E-state index contributed by atoms with van der Waals surface area (Å²) in [6, 6.07) is 56.8. The van der Waals surface area contributed by atoms with Crippen molar-refractivity contribution in [3.05, 3.63) is 158 Å². The highest BCUT2D eigenvalue weighted by Crippen LogP contribution is 2.42. The average molecular weight is 579 g/mol. The molecule has 0 aliphatic heterocycles. The Hall–Kier alpha value is -5.44. The summed E-state index contributed by atoms with van der Waals surface area (Å²) in [5.74, 6) is 0. The van der Waals surface area contributed by atoms with Crippen molar-refractivity contribution >= 4 is 53.4 Å². The fourth-order valence-corrected chi connectivity index (χ4v) is 7.70. The largest absolute Gasteiger partial charge is 0.456 e. The molecule has 0 aliphatic rings. The summed E-state index contributed by atoms with van der Waals surface area (Å²) in [4.78, 5) is 0. The number of hydrogen-bond acceptors (Lipinski definition) is 2. The second-order valence-electron chi connectivity index (χ2n) is 11.3. The molecule has 0 bridgehead atoms. The summed E-state index contributed by atoms with van der Waals surface area (Å²) in [6.07, 6.45) is 0. The monoisotopic (exact) mass is 578 g/mol. The summed E-state index contributed by atoms with van der Waals surface area (Å²) >= 11 is 1.87. The van der Waals surface area contributed by atoms with Gasteiger partial charge in [-0.1, -0.05) is 109 Å². The van der Waals surface area contributed by atoms with Gasteiger partial charge in [-0.3, -0.25) is 0 Å². The van der Waals surface area contributed by atoms with E-state index in [1.807, 2.05) is 23.5 Å². The highest BCUT2D eigenvalue weighted by atomic mass is 32.1. The summed E-state index contributed by atoms with van der Waals surface area (Å²) in [7, 11) is 0. The van der Waals surface area contributed by atoms with Gasteiger partial charge < -0.3 is 4.42 Å². The molecule has 1 nitrogen and oxygen atoms in total. The first-order valence-electron chi connectivity index (χ1n) is 14.9. The van der Waals surface area contributed by atoms with Gasteiger partial charge in [-0.05, 0) is 93.0 Å². The van der Waals surface area contributed by atoms with Crippen LogP contribution in [-0.2, 0) is 0 Å². The normalized spacial score (nSPS) is 11.6. The molecule has 7 aromatic carbocycles. The van der Waals surface area contributed by atoms with Gasteiger partial charge in [0.25, 0.3) is 0 Å². The minimum absolute atomic E-state index is 0.913. The Morgan fingerprint density at radius 3 is 1.73 bits per heavy atom. The summed E-state index contributed by atoms with van der Waals surface area (Å²) in [5.41, 5.74) is 11.5. The van der Waals surface area contributed by atoms with Crippen molar-refractivity contribution in [3.8, 4) is 44.5 Å². The van der Waals surface area contributed by atoms with E-state index in [1.165, 1.54) is 59.1 Å². The smallest absolute Gasteiger partial charge is 0.136 e. The number of furan rings is 1. The molecule has 0 saturated carbocycles. The van der Waals surface area contributed by atoms with Crippen LogP contribution >= 0.6 is 11.3 Å². The molecule has 0 aliphatic carbocycles. The van der Waals surface area contributed by atoms with E-state index in [2.05, 4.69) is 146 Å². The molecule has 0 amide bonds. The Morgan fingerprint density at radius 1 is 0.341 bits per heavy atom. The highest BCUT2D eigenvalue weighted by Gasteiger charge is 2.14. The summed E-state index contributed by atoms with van der Waals surface area (Å²) < 4.78 is 8.88. The van der Waals surface area contributed by atoms with Gasteiger partial charge in [-0.2, -0.15) is 0 Å². The van der Waals surface area contributed by atoms with Crippen LogP contribution in [0.1, 0.15) is 0 Å². The molecule has 44 heavy (non-hydrogen) atoms. The Bertz CT molecular complexity index is 2480. The second kappa shape index (κ2) is 10.1. The Morgan fingerprint density at radius 2 is 0.955 bits per heavy atom. The lowest BCUT2D eigenvalue weighted by Crippen LogP contribution is -1.86. The van der Waals surface area contributed by atoms with Gasteiger partial charge in [0.2, 0.25) is 0 Å². The van der Waals surface area contributed by atoms with Gasteiger partial charge in [0, 0.05) is 30.9 Å². The molecule has 0 saturated heterocycles. The molecule has 0 N–H and O–H groups in total. The number of hydrogen-bond donors (Lipinski definition) is 0. The minimum atomic E-state index is 0.913. The van der Waals surface area contributed by atoms with Crippen molar-refractivity contribution in [2.75, 3.05) is 0 Å². The molecule has 206 valence electrons. The van der Waals surface area contributed by atoms with E-state index in [0.717, 1.165) is 27.5 Å². The molecule has 9 aromatic rings. The maximum atomic E-state index is 6.26. The SMILES string of the molecule is c1ccc(-c2cc(-c3ccc4c(c3)oc3ccccc34)cc(-c3ccc4c(c3)sc3cccc(-c5ccccc5)c34)c2)cc1. The molecule has 0 fully saturated rings. The van der Waals surface area contributed by atoms with Crippen molar-refractivity contribution in [3.63, 3.8) is 0 Å². The van der Waals surface area contributed by atoms with Crippen LogP contribution in [0, 0.1) is 0 Å². The first kappa shape index (κ1) is 25.1. The molecular weight excluding hydrogens is 553 g/mol. The van der Waals surface area contributed by atoms with Crippen LogP contribution in [0.15, 0.2) is 162 Å². The van der Waals surface area contributed by atoms with Crippen LogP contribution in [0.4, 0.5) is 0 Å². The van der Waals surface area contributed by atoms with Gasteiger partial charge in [0.1, 0.15) is 11.2 Å². The zero-order valence-corrected chi connectivity index (χ0v) is 24.6. The van der Waals surface area contributed by atoms with Crippen molar-refractivity contribution < 1.29 is 4.42 Å². The van der Waals surface area contributed by atoms with Crippen molar-refractivity contribution in [2.45, 2.75) is 0 Å². The van der Waals surface area contributed by atoms with E-state index in [9.17, 15) is 0 Å². The van der Waals surface area contributed by atoms with Gasteiger partial charge in [-0.15, -0.1) is 11.3 Å². The minimum Gasteiger partial charge on any atom is -0.456 e. The predicted octanol–water partition coefficient (Wildman–Crippen LogP) is 12.6. The molecule has 0 radical (unpaired) electrons. The number of thiophene rings is 1. The lowest BCUT2D eigenvalue weighted by atomic mass is 9.92. The fourth-order valence-electron chi connectivity index (χ4n) is 6.53. The molecule has 2 heterocycles. The van der Waals surface area contributed by atoms with Crippen LogP contribution in [0.25, 0.3) is 86.6 Å². The summed E-state index contributed by atoms with van der Waals surface area (Å²) in [6.45, 7) is 0. The van der Waals surface area contributed by atoms with Crippen LogP contribution < -0.4 is 0 Å². The van der Waals surface area contributed by atoms with Crippen LogP contribution in [-0.4, -0.2) is 0 Å². The van der Waals surface area contributed by atoms with E-state index in [0.29, 0.717) is 0 Å². The topological polar surface area (TPSA) is 13.1 Å². The molecule has 2 heteroatoms. The highest BCUT2D eigenvalue weighted by molar-refractivity contribution is 7.26. The number of fused-ring (bicyclic) bond motifs is 6. The third-order valence-electron chi connectivity index (χ3n) is 8.67. The number of para-hydroxylation sites is 1. The van der Waals surface area contributed by atoms with Gasteiger partial charge >= 0.3 is 0 Å². The Kier molecular flexibility index (Phi) is 5.75. The van der Waals surface area contributed by atoms with Crippen molar-refractivity contribution in [1.29, 1.82) is 0 Å². The average Bonchev–Trinajstić information content (AvgIpc) is 3.66. The third-order valence-corrected chi connectivity index (χ3v) is 9.79. The maximum absolute atomic E-state index is 6.26. The quantitative estimate of drug-likeness (QED) is 0.202. The zero-order chi connectivity index (χ0) is 29.0. The predicted molar refractivity (Wildman–Crippen MR) is 188 cm³/mol. The van der Waals surface area contributed by atoms with E-state index in [4.69, 9.17) is 4.42 Å². The number of rotatable bonds is 4. The lowest BCUT2D eigenvalue weighted by Gasteiger charge is -2.12. The van der Waals surface area contributed by atoms with E-state index < -0.39 is 0 Å². The van der Waals surface area contributed by atoms with Crippen LogP contribution in [0.3, 0.4) is 0 Å². The maximum Gasteiger partial charge on any atom is 0.136 e. The fraction of sp³-hybridized carbons (Fsp3) is 0. The second-order valence-corrected chi connectivity index (χ2v) is 12.4. The Labute approximate surface area is 259 Å². The molecule has 0 unspecified atom stereocenters. The molecular formula is C42H26OS. The van der Waals surface area contributed by atoms with Crippen LogP contribution in [0.2, 0.25) is 0 Å². The zero-order valence-electron chi connectivity index (χ0n) is 23.8. The summed E-state index contributed by atoms with van der Waals surface area (Å²) in [5, 5.41) is 4.94. The van der Waals surface area contributed by atoms with Gasteiger partial charge in [-0.25, -0.2) is 0 Å². The third kappa shape index (κ3) is 4.15. The lowest BCUT2D eigenvalue weighted by molar-refractivity contribution is 0.669. The standard InChI is InChI=1S/C42H26OS/c1-3-10-27(11-4-1)31-22-32(29-18-20-36-35-14-7-8-16-38(35)43-39(36)25-29)24-33(23-31)30-19-21-37-41(26-30)44-40-17-9-15-34(42(37)40)28-12-5-2-6-13-28/h1-26H. The van der Waals surface area contributed by atoms with E-state index >= 15 is 0 Å². The van der Waals surface area contributed by atoms with E-state index in [1.54, 1.807) is 0 Å². The van der Waals surface area contributed by atoms with E-state index in [-0.39, 0.29) is 0 Å². The van der Waals surface area contributed by atoms with Crippen molar-refractivity contribution in [1.82, 2.24) is 0 Å². The van der Waals surface area contributed by atoms with Crippen LogP contribution in [0.5, 0.6) is 0 Å². The first-order valence-corrected chi connectivity index (χ1v) is 15.7. The first-order chi connectivity index (χ1) is 21.8. The van der Waals surface area contributed by atoms with Crippen molar-refractivity contribution in [2.24, 2.45) is 0 Å². The van der Waals surface area contributed by atoms with Gasteiger partial charge in [0.15, 0.2) is 0 Å². The molecule has 2 aromatic heterocycles. The van der Waals surface area contributed by atoms with Gasteiger partial charge in [0.05, 0.1) is 0 Å².